The van der Waals surface area contributed by atoms with Gasteiger partial charge in [-0.15, -0.1) is 0 Å². The molecule has 0 radical (unpaired) electrons. The molecule has 1 aliphatic heterocycles. The van der Waals surface area contributed by atoms with E-state index in [2.05, 4.69) is 0 Å². The highest BCUT2D eigenvalue weighted by Crippen LogP contribution is 2.25. The van der Waals surface area contributed by atoms with Crippen molar-refractivity contribution in [2.24, 2.45) is 5.92 Å². The van der Waals surface area contributed by atoms with E-state index < -0.39 is 5.97 Å². The van der Waals surface area contributed by atoms with Gasteiger partial charge in [0.2, 0.25) is 5.91 Å². The molecular weight excluding hydrogens is 254 g/mol. The number of carbonyl (C=O) groups is 2. The lowest BCUT2D eigenvalue weighted by Crippen LogP contribution is -2.38. The van der Waals surface area contributed by atoms with Crippen molar-refractivity contribution in [3.63, 3.8) is 0 Å². The zero-order chi connectivity index (χ0) is 14.5. The predicted molar refractivity (Wildman–Crippen MR) is 76.0 cm³/mol. The Hall–Kier alpha value is -2.10. The molecule has 0 unspecified atom stereocenters. The average molecular weight is 273 g/mol. The monoisotopic (exact) mass is 273 g/mol. The van der Waals surface area contributed by atoms with E-state index in [9.17, 15) is 9.59 Å². The highest BCUT2D eigenvalue weighted by atomic mass is 16.4. The fourth-order valence-electron chi connectivity index (χ4n) is 2.55. The molecule has 0 bridgehead atoms. The summed E-state index contributed by atoms with van der Waals surface area (Å²) in [5.41, 5.74) is 1.83. The van der Waals surface area contributed by atoms with Crippen LogP contribution in [-0.2, 0) is 16.1 Å². The molecule has 1 atom stereocenters. The standard InChI is InChI=1S/C16H19NO3/c1-2-13-11-17(10-12-6-4-3-5-7-12)15(18)8-14(13)9-16(19)20/h3-8,13H,2,9-11H2,1H3,(H,19,20)/t13-/m0/s1. The quantitative estimate of drug-likeness (QED) is 0.896. The minimum atomic E-state index is -0.876. The minimum absolute atomic E-state index is 0.0383. The second-order valence-corrected chi connectivity index (χ2v) is 5.10. The van der Waals surface area contributed by atoms with Crippen molar-refractivity contribution < 1.29 is 14.7 Å². The van der Waals surface area contributed by atoms with E-state index in [1.807, 2.05) is 37.3 Å². The summed E-state index contributed by atoms with van der Waals surface area (Å²) < 4.78 is 0. The second-order valence-electron chi connectivity index (χ2n) is 5.10. The van der Waals surface area contributed by atoms with Crippen molar-refractivity contribution in [2.45, 2.75) is 26.3 Å². The summed E-state index contributed by atoms with van der Waals surface area (Å²) in [6.07, 6.45) is 2.32. The maximum atomic E-state index is 12.1. The van der Waals surface area contributed by atoms with Crippen molar-refractivity contribution in [3.05, 3.63) is 47.5 Å². The number of carbonyl (C=O) groups excluding carboxylic acids is 1. The summed E-state index contributed by atoms with van der Waals surface area (Å²) in [5.74, 6) is -0.818. The SMILES string of the molecule is CC[C@H]1CN(Cc2ccccc2)C(=O)C=C1CC(=O)O. The van der Waals surface area contributed by atoms with Gasteiger partial charge in [-0.05, 0) is 23.5 Å². The second kappa shape index (κ2) is 6.37. The lowest BCUT2D eigenvalue weighted by atomic mass is 9.89. The van der Waals surface area contributed by atoms with E-state index in [0.29, 0.717) is 13.1 Å². The van der Waals surface area contributed by atoms with Gasteiger partial charge in [0, 0.05) is 19.2 Å². The molecule has 4 nitrogen and oxygen atoms in total. The van der Waals surface area contributed by atoms with Gasteiger partial charge in [-0.25, -0.2) is 0 Å². The van der Waals surface area contributed by atoms with Crippen LogP contribution in [0, 0.1) is 5.92 Å². The summed E-state index contributed by atoms with van der Waals surface area (Å²) in [7, 11) is 0. The van der Waals surface area contributed by atoms with Crippen LogP contribution in [0.25, 0.3) is 0 Å². The summed E-state index contributed by atoms with van der Waals surface area (Å²) >= 11 is 0. The van der Waals surface area contributed by atoms with Crippen molar-refractivity contribution in [2.75, 3.05) is 6.54 Å². The molecule has 0 aromatic heterocycles. The van der Waals surface area contributed by atoms with E-state index >= 15 is 0 Å². The van der Waals surface area contributed by atoms with Gasteiger partial charge in [-0.2, -0.15) is 0 Å². The zero-order valence-electron chi connectivity index (χ0n) is 11.6. The van der Waals surface area contributed by atoms with Gasteiger partial charge in [0.15, 0.2) is 0 Å². The summed E-state index contributed by atoms with van der Waals surface area (Å²) in [4.78, 5) is 24.7. The Balaban J connectivity index is 2.12. The van der Waals surface area contributed by atoms with Crippen molar-refractivity contribution in [3.8, 4) is 0 Å². The van der Waals surface area contributed by atoms with Crippen LogP contribution in [-0.4, -0.2) is 28.4 Å². The highest BCUT2D eigenvalue weighted by Gasteiger charge is 2.27. The Morgan fingerprint density at radius 1 is 1.35 bits per heavy atom. The topological polar surface area (TPSA) is 57.6 Å². The summed E-state index contributed by atoms with van der Waals surface area (Å²) in [5, 5.41) is 8.90. The normalized spacial score (nSPS) is 18.9. The van der Waals surface area contributed by atoms with Crippen molar-refractivity contribution in [1.29, 1.82) is 0 Å². The number of carboxylic acids is 1. The number of hydrogen-bond donors (Lipinski definition) is 1. The van der Waals surface area contributed by atoms with Gasteiger partial charge in [0.25, 0.3) is 0 Å². The van der Waals surface area contributed by atoms with Gasteiger partial charge in [0.05, 0.1) is 6.42 Å². The molecule has 1 heterocycles. The molecule has 0 saturated carbocycles. The van der Waals surface area contributed by atoms with Crippen LogP contribution in [0.5, 0.6) is 0 Å². The maximum Gasteiger partial charge on any atom is 0.307 e. The smallest absolute Gasteiger partial charge is 0.307 e. The minimum Gasteiger partial charge on any atom is -0.481 e. The van der Waals surface area contributed by atoms with Crippen LogP contribution < -0.4 is 0 Å². The molecule has 106 valence electrons. The molecule has 4 heteroatoms. The fourth-order valence-corrected chi connectivity index (χ4v) is 2.55. The van der Waals surface area contributed by atoms with E-state index in [4.69, 9.17) is 5.11 Å². The molecule has 1 aliphatic rings. The third-order valence-electron chi connectivity index (χ3n) is 3.65. The molecule has 0 spiro atoms. The van der Waals surface area contributed by atoms with Gasteiger partial charge in [-0.1, -0.05) is 37.3 Å². The van der Waals surface area contributed by atoms with Crippen LogP contribution in [0.3, 0.4) is 0 Å². The highest BCUT2D eigenvalue weighted by molar-refractivity contribution is 5.90. The summed E-state index contributed by atoms with van der Waals surface area (Å²) in [6, 6.07) is 9.83. The van der Waals surface area contributed by atoms with Gasteiger partial charge in [-0.3, -0.25) is 9.59 Å². The van der Waals surface area contributed by atoms with Crippen molar-refractivity contribution >= 4 is 11.9 Å². The summed E-state index contributed by atoms with van der Waals surface area (Å²) in [6.45, 7) is 3.20. The fraction of sp³-hybridized carbons (Fsp3) is 0.375. The molecule has 20 heavy (non-hydrogen) atoms. The molecular formula is C16H19NO3. The number of carboxylic acid groups (broad SMARTS) is 1. The molecule has 2 rings (SSSR count). The number of aliphatic carboxylic acids is 1. The first-order chi connectivity index (χ1) is 9.60. The van der Waals surface area contributed by atoms with Crippen LogP contribution in [0.1, 0.15) is 25.3 Å². The largest absolute Gasteiger partial charge is 0.481 e. The van der Waals surface area contributed by atoms with E-state index in [0.717, 1.165) is 17.6 Å². The first-order valence-electron chi connectivity index (χ1n) is 6.85. The van der Waals surface area contributed by atoms with Crippen molar-refractivity contribution in [1.82, 2.24) is 4.90 Å². The molecule has 0 saturated heterocycles. The molecule has 0 fully saturated rings. The lowest BCUT2D eigenvalue weighted by Gasteiger charge is -2.32. The number of benzene rings is 1. The maximum absolute atomic E-state index is 12.1. The Bertz CT molecular complexity index is 522. The first-order valence-corrected chi connectivity index (χ1v) is 6.85. The number of nitrogens with zero attached hydrogens (tertiary/aromatic N) is 1. The Kier molecular flexibility index (Phi) is 4.56. The number of rotatable bonds is 5. The molecule has 1 amide bonds. The Morgan fingerprint density at radius 3 is 2.65 bits per heavy atom. The van der Waals surface area contributed by atoms with E-state index in [1.54, 1.807) is 4.90 Å². The first kappa shape index (κ1) is 14.3. The Morgan fingerprint density at radius 2 is 2.05 bits per heavy atom. The van der Waals surface area contributed by atoms with Gasteiger partial charge in [0.1, 0.15) is 0 Å². The third kappa shape index (κ3) is 3.47. The molecule has 1 aromatic carbocycles. The van der Waals surface area contributed by atoms with Crippen LogP contribution in [0.15, 0.2) is 42.0 Å². The predicted octanol–water partition coefficient (Wildman–Crippen LogP) is 2.46. The average Bonchev–Trinajstić information content (AvgIpc) is 2.42. The Labute approximate surface area is 118 Å². The van der Waals surface area contributed by atoms with Crippen LogP contribution in [0.4, 0.5) is 0 Å². The third-order valence-corrected chi connectivity index (χ3v) is 3.65. The number of hydrogen-bond acceptors (Lipinski definition) is 2. The number of amides is 1. The van der Waals surface area contributed by atoms with E-state index in [1.165, 1.54) is 6.08 Å². The van der Waals surface area contributed by atoms with Crippen LogP contribution >= 0.6 is 0 Å². The zero-order valence-corrected chi connectivity index (χ0v) is 11.6. The molecule has 1 aromatic rings. The lowest BCUT2D eigenvalue weighted by molar-refractivity contribution is -0.136. The van der Waals surface area contributed by atoms with Gasteiger partial charge >= 0.3 is 5.97 Å². The van der Waals surface area contributed by atoms with E-state index in [-0.39, 0.29) is 18.2 Å². The molecule has 0 aliphatic carbocycles. The molecule has 1 N–H and O–H groups in total. The van der Waals surface area contributed by atoms with Crippen LogP contribution in [0.2, 0.25) is 0 Å². The van der Waals surface area contributed by atoms with Gasteiger partial charge < -0.3 is 10.0 Å².